The Labute approximate surface area is 181 Å². The van der Waals surface area contributed by atoms with Crippen molar-refractivity contribution in [1.29, 1.82) is 0 Å². The number of nitrogens with zero attached hydrogens (tertiary/aromatic N) is 1. The number of likely N-dealkylation sites (N-methyl/N-ethyl adjacent to an activating group) is 1. The molecule has 2 aromatic rings. The van der Waals surface area contributed by atoms with E-state index in [1.807, 2.05) is 43.1 Å². The number of Topliss-reactive ketones (excluding diaryl/α,β-unsaturated/α-hetero) is 1. The Morgan fingerprint density at radius 2 is 2.07 bits per heavy atom. The number of hydrogen-bond acceptors (Lipinski definition) is 5. The summed E-state index contributed by atoms with van der Waals surface area (Å²) in [7, 11) is -1.89. The maximum absolute atomic E-state index is 14.5. The quantitative estimate of drug-likeness (QED) is 0.651. The molecule has 0 amide bonds. The van der Waals surface area contributed by atoms with Gasteiger partial charge in [0, 0.05) is 13.1 Å². The molecule has 0 saturated carbocycles. The fraction of sp³-hybridized carbons (Fsp3) is 0.381. The Kier molecular flexibility index (Phi) is 7.26. The van der Waals surface area contributed by atoms with Crippen molar-refractivity contribution in [2.45, 2.75) is 13.0 Å². The van der Waals surface area contributed by atoms with Crippen LogP contribution >= 0.6 is 11.6 Å². The maximum atomic E-state index is 14.5. The third-order valence-electron chi connectivity index (χ3n) is 4.88. The Bertz CT molecular complexity index is 1050. The minimum Gasteiger partial charge on any atom is -0.374 e. The summed E-state index contributed by atoms with van der Waals surface area (Å²) in [6, 6.07) is 10.3. The van der Waals surface area contributed by atoms with Gasteiger partial charge in [-0.15, -0.1) is 0 Å². The number of rotatable bonds is 7. The van der Waals surface area contributed by atoms with E-state index in [1.165, 1.54) is 12.1 Å². The molecule has 1 fully saturated rings. The lowest BCUT2D eigenvalue weighted by molar-refractivity contribution is -0.00690. The van der Waals surface area contributed by atoms with Crippen molar-refractivity contribution in [2.24, 2.45) is 0 Å². The van der Waals surface area contributed by atoms with E-state index in [2.05, 4.69) is 4.72 Å². The van der Waals surface area contributed by atoms with Gasteiger partial charge < -0.3 is 9.64 Å². The molecule has 162 valence electrons. The number of ether oxygens (including phenoxy) is 1. The lowest BCUT2D eigenvalue weighted by Gasteiger charge is -2.29. The van der Waals surface area contributed by atoms with Gasteiger partial charge in [-0.2, -0.15) is 0 Å². The largest absolute Gasteiger partial charge is 0.374 e. The molecule has 0 spiro atoms. The molecule has 1 aliphatic heterocycles. The zero-order chi connectivity index (χ0) is 21.9. The van der Waals surface area contributed by atoms with E-state index >= 15 is 0 Å². The second-order valence-corrected chi connectivity index (χ2v) is 9.73. The number of morpholine rings is 1. The SMILES string of the molecule is Cc1cccc(-c2cc(Cl)c(F)c(C(=O)CNS(=O)(=O)CC3CN(C)CCO3)c2)c1. The Balaban J connectivity index is 1.73. The first-order chi connectivity index (χ1) is 14.1. The molecule has 30 heavy (non-hydrogen) atoms. The van der Waals surface area contributed by atoms with E-state index in [0.29, 0.717) is 18.7 Å². The lowest BCUT2D eigenvalue weighted by Crippen LogP contribution is -2.45. The molecule has 1 N–H and O–H groups in total. The van der Waals surface area contributed by atoms with E-state index in [9.17, 15) is 17.6 Å². The van der Waals surface area contributed by atoms with Gasteiger partial charge in [0.05, 0.1) is 35.6 Å². The van der Waals surface area contributed by atoms with Gasteiger partial charge >= 0.3 is 0 Å². The molecule has 1 heterocycles. The van der Waals surface area contributed by atoms with Crippen molar-refractivity contribution in [3.8, 4) is 11.1 Å². The van der Waals surface area contributed by atoms with E-state index < -0.39 is 34.3 Å². The van der Waals surface area contributed by atoms with Crippen molar-refractivity contribution in [3.05, 3.63) is 58.4 Å². The molecule has 0 aromatic heterocycles. The second kappa shape index (κ2) is 9.53. The van der Waals surface area contributed by atoms with Crippen LogP contribution in [0.4, 0.5) is 4.39 Å². The number of halogens is 2. The normalized spacial score (nSPS) is 17.8. The first-order valence-electron chi connectivity index (χ1n) is 9.51. The number of ketones is 1. The molecule has 0 radical (unpaired) electrons. The van der Waals surface area contributed by atoms with Gasteiger partial charge in [-0.3, -0.25) is 4.79 Å². The molecule has 1 atom stereocenters. The number of benzene rings is 2. The third kappa shape index (κ3) is 5.86. The minimum atomic E-state index is -3.78. The standard InChI is InChI=1S/C21H24ClFN2O4S/c1-14-4-3-5-15(8-14)16-9-18(21(23)19(22)10-16)20(26)11-24-30(27,28)13-17-12-25(2)6-7-29-17/h3-5,8-10,17,24H,6-7,11-13H2,1-2H3. The van der Waals surface area contributed by atoms with Gasteiger partial charge in [-0.05, 0) is 37.2 Å². The predicted octanol–water partition coefficient (Wildman–Crippen LogP) is 2.89. The van der Waals surface area contributed by atoms with Gasteiger partial charge in [0.25, 0.3) is 0 Å². The summed E-state index contributed by atoms with van der Waals surface area (Å²) in [5.41, 5.74) is 2.11. The molecule has 0 aliphatic carbocycles. The summed E-state index contributed by atoms with van der Waals surface area (Å²) in [5.74, 6) is -1.83. The number of hydrogen-bond donors (Lipinski definition) is 1. The first kappa shape index (κ1) is 22.8. The summed E-state index contributed by atoms with van der Waals surface area (Å²) >= 11 is 6.00. The summed E-state index contributed by atoms with van der Waals surface area (Å²) < 4.78 is 46.9. The fourth-order valence-electron chi connectivity index (χ4n) is 3.33. The zero-order valence-electron chi connectivity index (χ0n) is 16.8. The molecule has 1 aliphatic rings. The molecule has 0 bridgehead atoms. The average molecular weight is 455 g/mol. The van der Waals surface area contributed by atoms with Crippen molar-refractivity contribution in [2.75, 3.05) is 39.0 Å². The molecule has 6 nitrogen and oxygen atoms in total. The smallest absolute Gasteiger partial charge is 0.214 e. The van der Waals surface area contributed by atoms with Crippen LogP contribution in [0.2, 0.25) is 5.02 Å². The van der Waals surface area contributed by atoms with Crippen molar-refractivity contribution < 1.29 is 22.3 Å². The molecule has 1 saturated heterocycles. The number of carbonyl (C=O) groups excluding carboxylic acids is 1. The highest BCUT2D eigenvalue weighted by Gasteiger charge is 2.25. The van der Waals surface area contributed by atoms with Crippen LogP contribution in [-0.2, 0) is 14.8 Å². The summed E-state index contributed by atoms with van der Waals surface area (Å²) in [6.45, 7) is 3.03. The van der Waals surface area contributed by atoms with Gasteiger partial charge in [0.2, 0.25) is 10.0 Å². The molecule has 9 heteroatoms. The van der Waals surface area contributed by atoms with Gasteiger partial charge in [0.1, 0.15) is 0 Å². The summed E-state index contributed by atoms with van der Waals surface area (Å²) in [4.78, 5) is 14.6. The molecular weight excluding hydrogens is 431 g/mol. The van der Waals surface area contributed by atoms with E-state index in [4.69, 9.17) is 16.3 Å². The van der Waals surface area contributed by atoms with Gasteiger partial charge in [-0.1, -0.05) is 41.4 Å². The minimum absolute atomic E-state index is 0.196. The maximum Gasteiger partial charge on any atom is 0.214 e. The second-order valence-electron chi connectivity index (χ2n) is 7.47. The zero-order valence-corrected chi connectivity index (χ0v) is 18.4. The Hall–Kier alpha value is -1.84. The summed E-state index contributed by atoms with van der Waals surface area (Å²) in [6.07, 6.45) is -0.479. The number of aryl methyl sites for hydroxylation is 1. The highest BCUT2D eigenvalue weighted by molar-refractivity contribution is 7.89. The third-order valence-corrected chi connectivity index (χ3v) is 6.55. The number of nitrogens with one attached hydrogen (secondary N) is 1. The lowest BCUT2D eigenvalue weighted by atomic mass is 9.99. The monoisotopic (exact) mass is 454 g/mol. The van der Waals surface area contributed by atoms with Crippen LogP contribution in [0.5, 0.6) is 0 Å². The van der Waals surface area contributed by atoms with Gasteiger partial charge in [-0.25, -0.2) is 17.5 Å². The van der Waals surface area contributed by atoms with Crippen LogP contribution in [0.25, 0.3) is 11.1 Å². The molecular formula is C21H24ClFN2O4S. The van der Waals surface area contributed by atoms with Crippen molar-refractivity contribution in [3.63, 3.8) is 0 Å². The number of sulfonamides is 1. The Morgan fingerprint density at radius 3 is 2.77 bits per heavy atom. The number of carbonyl (C=O) groups is 1. The van der Waals surface area contributed by atoms with Crippen molar-refractivity contribution >= 4 is 27.4 Å². The predicted molar refractivity (Wildman–Crippen MR) is 115 cm³/mol. The molecule has 2 aromatic carbocycles. The highest BCUT2D eigenvalue weighted by atomic mass is 35.5. The van der Waals surface area contributed by atoms with Crippen LogP contribution in [0, 0.1) is 12.7 Å². The van der Waals surface area contributed by atoms with Crippen LogP contribution in [0.3, 0.4) is 0 Å². The first-order valence-corrected chi connectivity index (χ1v) is 11.5. The molecule has 1 unspecified atom stereocenters. The van der Waals surface area contributed by atoms with Crippen molar-refractivity contribution in [1.82, 2.24) is 9.62 Å². The highest BCUT2D eigenvalue weighted by Crippen LogP contribution is 2.28. The molecule has 3 rings (SSSR count). The average Bonchev–Trinajstić information content (AvgIpc) is 2.68. The fourth-order valence-corrected chi connectivity index (χ4v) is 4.70. The van der Waals surface area contributed by atoms with E-state index in [0.717, 1.165) is 17.7 Å². The summed E-state index contributed by atoms with van der Waals surface area (Å²) in [5, 5.41) is -0.196. The van der Waals surface area contributed by atoms with Crippen LogP contribution < -0.4 is 4.72 Å². The van der Waals surface area contributed by atoms with Crippen LogP contribution in [0.15, 0.2) is 36.4 Å². The van der Waals surface area contributed by atoms with Crippen LogP contribution in [-0.4, -0.2) is 64.2 Å². The van der Waals surface area contributed by atoms with E-state index in [1.54, 1.807) is 0 Å². The van der Waals surface area contributed by atoms with Crippen LogP contribution in [0.1, 0.15) is 15.9 Å². The topological polar surface area (TPSA) is 75.7 Å². The Morgan fingerprint density at radius 1 is 1.30 bits per heavy atom. The van der Waals surface area contributed by atoms with E-state index in [-0.39, 0.29) is 16.3 Å². The van der Waals surface area contributed by atoms with Gasteiger partial charge in [0.15, 0.2) is 11.6 Å².